The molecule has 0 aliphatic carbocycles. The Kier molecular flexibility index (Phi) is 6.40. The lowest BCUT2D eigenvalue weighted by molar-refractivity contribution is 0.0929. The molecule has 1 fully saturated rings. The number of carbonyl (C=O) groups is 1. The number of piperidine rings is 1. The number of nitrogens with zero attached hydrogens (tertiary/aromatic N) is 2. The van der Waals surface area contributed by atoms with E-state index in [2.05, 4.69) is 26.5 Å². The third kappa shape index (κ3) is 4.82. The Morgan fingerprint density at radius 1 is 1.23 bits per heavy atom. The van der Waals surface area contributed by atoms with Crippen LogP contribution in [-0.2, 0) is 0 Å². The maximum Gasteiger partial charge on any atom is 0.255 e. The summed E-state index contributed by atoms with van der Waals surface area (Å²) in [5.74, 6) is 2.23. The molecule has 4 rings (SSSR count). The molecule has 0 radical (unpaired) electrons. The van der Waals surface area contributed by atoms with Crippen molar-refractivity contribution < 1.29 is 14.3 Å². The molecular weight excluding hydrogens is 392 g/mol. The summed E-state index contributed by atoms with van der Waals surface area (Å²) in [5, 5.41) is 10.8. The number of H-pyrrole nitrogens is 1. The van der Waals surface area contributed by atoms with E-state index in [-0.39, 0.29) is 11.9 Å². The minimum atomic E-state index is -0.100. The van der Waals surface area contributed by atoms with Crippen LogP contribution in [0, 0.1) is 0 Å². The largest absolute Gasteiger partial charge is 0.497 e. The van der Waals surface area contributed by atoms with E-state index in [0.717, 1.165) is 48.8 Å². The highest BCUT2D eigenvalue weighted by molar-refractivity contribution is 5.97. The third-order valence-corrected chi connectivity index (χ3v) is 5.48. The summed E-state index contributed by atoms with van der Waals surface area (Å²) < 4.78 is 10.8. The molecule has 1 amide bonds. The van der Waals surface area contributed by atoms with Crippen LogP contribution in [0.1, 0.15) is 30.1 Å². The molecular formula is C24H28N4O3. The van der Waals surface area contributed by atoms with Crippen LogP contribution in [0.2, 0.25) is 0 Å². The number of hydrogen-bond acceptors (Lipinski definition) is 5. The minimum absolute atomic E-state index is 0.0528. The van der Waals surface area contributed by atoms with E-state index >= 15 is 0 Å². The van der Waals surface area contributed by atoms with Crippen LogP contribution >= 0.6 is 0 Å². The quantitative estimate of drug-likeness (QED) is 0.606. The molecule has 162 valence electrons. The van der Waals surface area contributed by atoms with Gasteiger partial charge in [-0.3, -0.25) is 9.89 Å². The van der Waals surface area contributed by atoms with Crippen LogP contribution in [0.25, 0.3) is 11.3 Å². The SMILES string of the molecule is CCOc1ccccc1C(=O)N[C@@H]1CCCN(c2cc(-c3ccc(OC)cc3)[nH]n2)C1. The van der Waals surface area contributed by atoms with Crippen LogP contribution in [0.4, 0.5) is 5.82 Å². The predicted octanol–water partition coefficient (Wildman–Crippen LogP) is 3.88. The monoisotopic (exact) mass is 420 g/mol. The molecule has 1 aromatic heterocycles. The molecule has 1 aliphatic heterocycles. The van der Waals surface area contributed by atoms with Crippen LogP contribution in [0.5, 0.6) is 11.5 Å². The van der Waals surface area contributed by atoms with Gasteiger partial charge < -0.3 is 19.7 Å². The van der Waals surface area contributed by atoms with Gasteiger partial charge in [-0.2, -0.15) is 5.10 Å². The summed E-state index contributed by atoms with van der Waals surface area (Å²) in [6.07, 6.45) is 1.93. The Hall–Kier alpha value is -3.48. The third-order valence-electron chi connectivity index (χ3n) is 5.48. The molecule has 2 heterocycles. The lowest BCUT2D eigenvalue weighted by atomic mass is 10.0. The number of carbonyl (C=O) groups excluding carboxylic acids is 1. The Morgan fingerprint density at radius 2 is 2.03 bits per heavy atom. The molecule has 0 spiro atoms. The first kappa shape index (κ1) is 20.8. The zero-order valence-corrected chi connectivity index (χ0v) is 17.9. The first-order chi connectivity index (χ1) is 15.2. The Morgan fingerprint density at radius 3 is 2.81 bits per heavy atom. The van der Waals surface area contributed by atoms with Crippen LogP contribution in [0.3, 0.4) is 0 Å². The average Bonchev–Trinajstić information content (AvgIpc) is 3.30. The van der Waals surface area contributed by atoms with E-state index in [4.69, 9.17) is 9.47 Å². The summed E-state index contributed by atoms with van der Waals surface area (Å²) in [5.41, 5.74) is 2.58. The number of rotatable bonds is 7. The van der Waals surface area contributed by atoms with Crippen molar-refractivity contribution in [2.75, 3.05) is 31.7 Å². The van der Waals surface area contributed by atoms with Crippen molar-refractivity contribution in [1.82, 2.24) is 15.5 Å². The normalized spacial score (nSPS) is 16.1. The van der Waals surface area contributed by atoms with E-state index in [1.807, 2.05) is 49.4 Å². The van der Waals surface area contributed by atoms with Gasteiger partial charge in [0.25, 0.3) is 5.91 Å². The second-order valence-electron chi connectivity index (χ2n) is 7.56. The fourth-order valence-corrected chi connectivity index (χ4v) is 3.89. The minimum Gasteiger partial charge on any atom is -0.497 e. The van der Waals surface area contributed by atoms with Crippen LogP contribution < -0.4 is 19.7 Å². The predicted molar refractivity (Wildman–Crippen MR) is 121 cm³/mol. The summed E-state index contributed by atoms with van der Waals surface area (Å²) >= 11 is 0. The molecule has 1 atom stereocenters. The molecule has 31 heavy (non-hydrogen) atoms. The molecule has 7 heteroatoms. The van der Waals surface area contributed by atoms with Crippen LogP contribution in [-0.4, -0.2) is 49.0 Å². The molecule has 1 saturated heterocycles. The number of benzene rings is 2. The van der Waals surface area contributed by atoms with Gasteiger partial charge >= 0.3 is 0 Å². The fourth-order valence-electron chi connectivity index (χ4n) is 3.89. The van der Waals surface area contributed by atoms with Gasteiger partial charge in [-0.05, 0) is 61.7 Å². The van der Waals surface area contributed by atoms with Gasteiger partial charge in [0, 0.05) is 25.2 Å². The number of anilines is 1. The number of ether oxygens (including phenoxy) is 2. The fraction of sp³-hybridized carbons (Fsp3) is 0.333. The summed E-state index contributed by atoms with van der Waals surface area (Å²) in [6.45, 7) is 4.07. The molecule has 3 aromatic rings. The number of hydrogen-bond donors (Lipinski definition) is 2. The average molecular weight is 421 g/mol. The van der Waals surface area contributed by atoms with E-state index < -0.39 is 0 Å². The van der Waals surface area contributed by atoms with Gasteiger partial charge in [0.1, 0.15) is 11.5 Å². The Bertz CT molecular complexity index is 1020. The van der Waals surface area contributed by atoms with Crippen molar-refractivity contribution in [3.05, 3.63) is 60.2 Å². The Balaban J connectivity index is 1.42. The van der Waals surface area contributed by atoms with E-state index in [1.165, 1.54) is 0 Å². The van der Waals surface area contributed by atoms with Gasteiger partial charge in [0.05, 0.1) is 25.0 Å². The molecule has 0 bridgehead atoms. The van der Waals surface area contributed by atoms with Crippen molar-refractivity contribution in [3.8, 4) is 22.8 Å². The highest BCUT2D eigenvalue weighted by Crippen LogP contribution is 2.26. The Labute approximate surface area is 182 Å². The smallest absolute Gasteiger partial charge is 0.255 e. The standard InChI is InChI=1S/C24H28N4O3/c1-3-31-22-9-5-4-8-20(22)24(29)25-18-7-6-14-28(16-18)23-15-21(26-27-23)17-10-12-19(30-2)13-11-17/h4-5,8-13,15,18H,3,6-7,14,16H2,1-2H3,(H,25,29)(H,26,27)/t18-/m1/s1. The maximum atomic E-state index is 12.9. The van der Waals surface area contributed by atoms with E-state index in [9.17, 15) is 4.79 Å². The first-order valence-corrected chi connectivity index (χ1v) is 10.7. The van der Waals surface area contributed by atoms with E-state index in [0.29, 0.717) is 17.9 Å². The van der Waals surface area contributed by atoms with Gasteiger partial charge in [-0.15, -0.1) is 0 Å². The second-order valence-corrected chi connectivity index (χ2v) is 7.56. The van der Waals surface area contributed by atoms with Crippen molar-refractivity contribution in [3.63, 3.8) is 0 Å². The summed E-state index contributed by atoms with van der Waals surface area (Å²) in [6, 6.07) is 17.3. The van der Waals surface area contributed by atoms with Crippen LogP contribution in [0.15, 0.2) is 54.6 Å². The number of para-hydroxylation sites is 1. The maximum absolute atomic E-state index is 12.9. The summed E-state index contributed by atoms with van der Waals surface area (Å²) in [4.78, 5) is 15.1. The van der Waals surface area contributed by atoms with Crippen molar-refractivity contribution in [2.45, 2.75) is 25.8 Å². The number of aromatic nitrogens is 2. The lowest BCUT2D eigenvalue weighted by Gasteiger charge is -2.33. The molecule has 1 aliphatic rings. The zero-order valence-electron chi connectivity index (χ0n) is 17.9. The number of methoxy groups -OCH3 is 1. The van der Waals surface area contributed by atoms with Crippen molar-refractivity contribution >= 4 is 11.7 Å². The van der Waals surface area contributed by atoms with Gasteiger partial charge in [0.2, 0.25) is 0 Å². The highest BCUT2D eigenvalue weighted by atomic mass is 16.5. The topological polar surface area (TPSA) is 79.5 Å². The molecule has 0 unspecified atom stereocenters. The number of amides is 1. The lowest BCUT2D eigenvalue weighted by Crippen LogP contribution is -2.48. The number of nitrogens with one attached hydrogen (secondary N) is 2. The van der Waals surface area contributed by atoms with E-state index in [1.54, 1.807) is 13.2 Å². The van der Waals surface area contributed by atoms with Gasteiger partial charge in [-0.1, -0.05) is 12.1 Å². The first-order valence-electron chi connectivity index (χ1n) is 10.7. The highest BCUT2D eigenvalue weighted by Gasteiger charge is 2.24. The van der Waals surface area contributed by atoms with Gasteiger partial charge in [0.15, 0.2) is 5.82 Å². The molecule has 2 N–H and O–H groups in total. The zero-order chi connectivity index (χ0) is 21.6. The van der Waals surface area contributed by atoms with Crippen molar-refractivity contribution in [2.24, 2.45) is 0 Å². The molecule has 2 aromatic carbocycles. The second kappa shape index (κ2) is 9.55. The van der Waals surface area contributed by atoms with Gasteiger partial charge in [-0.25, -0.2) is 0 Å². The summed E-state index contributed by atoms with van der Waals surface area (Å²) in [7, 11) is 1.66. The van der Waals surface area contributed by atoms with Crippen molar-refractivity contribution in [1.29, 1.82) is 0 Å². The number of aromatic amines is 1. The molecule has 0 saturated carbocycles. The molecule has 7 nitrogen and oxygen atoms in total.